The van der Waals surface area contributed by atoms with Crippen molar-refractivity contribution in [1.29, 1.82) is 0 Å². The first-order valence-corrected chi connectivity index (χ1v) is 7.28. The van der Waals surface area contributed by atoms with Gasteiger partial charge in [-0.3, -0.25) is 0 Å². The topological polar surface area (TPSA) is 52.3 Å². The molecule has 0 aliphatic carbocycles. The number of methoxy groups -OCH3 is 1. The fourth-order valence-electron chi connectivity index (χ4n) is 2.55. The molecule has 0 atom stereocenters. The predicted octanol–water partition coefficient (Wildman–Crippen LogP) is 3.47. The van der Waals surface area contributed by atoms with Crippen molar-refractivity contribution in [2.45, 2.75) is 0 Å². The summed E-state index contributed by atoms with van der Waals surface area (Å²) in [6, 6.07) is 21.6. The number of hydrogen-bond acceptors (Lipinski definition) is 4. The molecule has 0 spiro atoms. The van der Waals surface area contributed by atoms with Crippen LogP contribution in [0.2, 0.25) is 0 Å². The van der Waals surface area contributed by atoms with Gasteiger partial charge in [-0.15, -0.1) is 10.2 Å². The van der Waals surface area contributed by atoms with Gasteiger partial charge >= 0.3 is 0 Å². The van der Waals surface area contributed by atoms with E-state index < -0.39 is 0 Å². The van der Waals surface area contributed by atoms with Crippen LogP contribution in [0.5, 0.6) is 5.75 Å². The summed E-state index contributed by atoms with van der Waals surface area (Å²) in [7, 11) is 1.64. The molecule has 0 fully saturated rings. The Balaban J connectivity index is 1.92. The van der Waals surface area contributed by atoms with E-state index in [9.17, 15) is 0 Å². The molecule has 23 heavy (non-hydrogen) atoms. The van der Waals surface area contributed by atoms with Gasteiger partial charge in [-0.2, -0.15) is 9.61 Å². The van der Waals surface area contributed by atoms with E-state index in [1.54, 1.807) is 11.6 Å². The van der Waals surface area contributed by atoms with Crippen molar-refractivity contribution in [3.05, 3.63) is 66.7 Å². The number of nitrogens with zero attached hydrogens (tertiary/aromatic N) is 4. The minimum absolute atomic E-state index is 0.662. The molecular formula is C18H14N4O. The standard InChI is InChI=1S/C18H14N4O/c1-23-16-10-6-5-9-14(16)18-20-19-17-12-11-15(21-22(17)18)13-7-3-2-4-8-13/h2-12H,1H3. The zero-order chi connectivity index (χ0) is 15.6. The Bertz CT molecular complexity index is 963. The third-order valence-electron chi connectivity index (χ3n) is 3.68. The number of fused-ring (bicyclic) bond motifs is 1. The first kappa shape index (κ1) is 13.5. The van der Waals surface area contributed by atoms with E-state index in [1.165, 1.54) is 0 Å². The lowest BCUT2D eigenvalue weighted by Crippen LogP contribution is -1.98. The number of hydrogen-bond donors (Lipinski definition) is 0. The molecule has 0 aliphatic heterocycles. The van der Waals surface area contributed by atoms with Crippen LogP contribution < -0.4 is 4.74 Å². The van der Waals surface area contributed by atoms with E-state index >= 15 is 0 Å². The van der Waals surface area contributed by atoms with Gasteiger partial charge in [0.2, 0.25) is 0 Å². The Hall–Kier alpha value is -3.21. The Labute approximate surface area is 133 Å². The van der Waals surface area contributed by atoms with Crippen molar-refractivity contribution in [2.75, 3.05) is 7.11 Å². The highest BCUT2D eigenvalue weighted by molar-refractivity contribution is 5.67. The average Bonchev–Trinajstić information content (AvgIpc) is 3.05. The first-order valence-electron chi connectivity index (χ1n) is 7.28. The van der Waals surface area contributed by atoms with Crippen LogP contribution in [0.3, 0.4) is 0 Å². The van der Waals surface area contributed by atoms with E-state index in [-0.39, 0.29) is 0 Å². The molecule has 4 rings (SSSR count). The van der Waals surface area contributed by atoms with E-state index in [0.29, 0.717) is 11.5 Å². The molecule has 0 amide bonds. The van der Waals surface area contributed by atoms with Crippen LogP contribution in [-0.2, 0) is 0 Å². The van der Waals surface area contributed by atoms with Gasteiger partial charge in [0.05, 0.1) is 18.4 Å². The second kappa shape index (κ2) is 5.53. The average molecular weight is 302 g/mol. The zero-order valence-electron chi connectivity index (χ0n) is 12.5. The van der Waals surface area contributed by atoms with Crippen LogP contribution in [0.15, 0.2) is 66.7 Å². The summed E-state index contributed by atoms with van der Waals surface area (Å²) in [5.74, 6) is 1.41. The summed E-state index contributed by atoms with van der Waals surface area (Å²) in [5, 5.41) is 13.2. The summed E-state index contributed by atoms with van der Waals surface area (Å²) in [4.78, 5) is 0. The molecule has 0 aliphatic rings. The highest BCUT2D eigenvalue weighted by atomic mass is 16.5. The summed E-state index contributed by atoms with van der Waals surface area (Å²) in [5.41, 5.74) is 3.48. The molecule has 2 aromatic heterocycles. The Morgan fingerprint density at radius 1 is 0.826 bits per heavy atom. The minimum Gasteiger partial charge on any atom is -0.496 e. The van der Waals surface area contributed by atoms with Gasteiger partial charge in [-0.05, 0) is 24.3 Å². The predicted molar refractivity (Wildman–Crippen MR) is 88.2 cm³/mol. The maximum Gasteiger partial charge on any atom is 0.189 e. The molecule has 0 unspecified atom stereocenters. The molecule has 2 heterocycles. The molecular weight excluding hydrogens is 288 g/mol. The van der Waals surface area contributed by atoms with Gasteiger partial charge in [0.25, 0.3) is 0 Å². The van der Waals surface area contributed by atoms with Crippen LogP contribution in [-0.4, -0.2) is 26.9 Å². The minimum atomic E-state index is 0.662. The SMILES string of the molecule is COc1ccccc1-c1nnc2ccc(-c3ccccc3)nn12. The Morgan fingerprint density at radius 2 is 1.61 bits per heavy atom. The second-order valence-electron chi connectivity index (χ2n) is 5.08. The van der Waals surface area contributed by atoms with Gasteiger partial charge in [0.15, 0.2) is 11.5 Å². The lowest BCUT2D eigenvalue weighted by Gasteiger charge is -2.07. The molecule has 0 saturated heterocycles. The smallest absolute Gasteiger partial charge is 0.189 e. The Kier molecular flexibility index (Phi) is 3.24. The zero-order valence-corrected chi connectivity index (χ0v) is 12.5. The monoisotopic (exact) mass is 302 g/mol. The fraction of sp³-hybridized carbons (Fsp3) is 0.0556. The summed E-state index contributed by atoms with van der Waals surface area (Å²) >= 11 is 0. The van der Waals surface area contributed by atoms with Gasteiger partial charge in [0.1, 0.15) is 5.75 Å². The molecule has 0 radical (unpaired) electrons. The van der Waals surface area contributed by atoms with Crippen molar-refractivity contribution in [3.8, 4) is 28.4 Å². The van der Waals surface area contributed by atoms with E-state index in [0.717, 1.165) is 22.6 Å². The van der Waals surface area contributed by atoms with Crippen LogP contribution in [0.25, 0.3) is 28.3 Å². The quantitative estimate of drug-likeness (QED) is 0.581. The van der Waals surface area contributed by atoms with Crippen molar-refractivity contribution in [2.24, 2.45) is 0 Å². The molecule has 5 nitrogen and oxygen atoms in total. The lowest BCUT2D eigenvalue weighted by atomic mass is 10.1. The van der Waals surface area contributed by atoms with Crippen molar-refractivity contribution >= 4 is 5.65 Å². The van der Waals surface area contributed by atoms with Gasteiger partial charge in [-0.25, -0.2) is 0 Å². The summed E-state index contributed by atoms with van der Waals surface area (Å²) < 4.78 is 7.17. The largest absolute Gasteiger partial charge is 0.496 e. The lowest BCUT2D eigenvalue weighted by molar-refractivity contribution is 0.416. The maximum atomic E-state index is 5.42. The number of benzene rings is 2. The number of aromatic nitrogens is 4. The first-order chi connectivity index (χ1) is 11.4. The molecule has 0 saturated carbocycles. The molecule has 0 N–H and O–H groups in total. The van der Waals surface area contributed by atoms with Crippen molar-refractivity contribution in [1.82, 2.24) is 19.8 Å². The summed E-state index contributed by atoms with van der Waals surface area (Å²) in [6.07, 6.45) is 0. The van der Waals surface area contributed by atoms with Crippen LogP contribution in [0, 0.1) is 0 Å². The van der Waals surface area contributed by atoms with Gasteiger partial charge in [-0.1, -0.05) is 42.5 Å². The van der Waals surface area contributed by atoms with Gasteiger partial charge in [0, 0.05) is 5.56 Å². The van der Waals surface area contributed by atoms with E-state index in [4.69, 9.17) is 9.84 Å². The summed E-state index contributed by atoms with van der Waals surface area (Å²) in [6.45, 7) is 0. The highest BCUT2D eigenvalue weighted by Gasteiger charge is 2.14. The highest BCUT2D eigenvalue weighted by Crippen LogP contribution is 2.28. The Morgan fingerprint density at radius 3 is 2.43 bits per heavy atom. The van der Waals surface area contributed by atoms with Crippen molar-refractivity contribution in [3.63, 3.8) is 0 Å². The number of para-hydroxylation sites is 1. The third-order valence-corrected chi connectivity index (χ3v) is 3.68. The fourth-order valence-corrected chi connectivity index (χ4v) is 2.55. The molecule has 4 aromatic rings. The van der Waals surface area contributed by atoms with E-state index in [1.807, 2.05) is 66.7 Å². The third kappa shape index (κ3) is 2.32. The number of rotatable bonds is 3. The maximum absolute atomic E-state index is 5.42. The van der Waals surface area contributed by atoms with Crippen LogP contribution in [0.4, 0.5) is 0 Å². The van der Waals surface area contributed by atoms with Crippen molar-refractivity contribution < 1.29 is 4.74 Å². The normalized spacial score (nSPS) is 10.8. The van der Waals surface area contributed by atoms with Crippen LogP contribution >= 0.6 is 0 Å². The molecule has 0 bridgehead atoms. The van der Waals surface area contributed by atoms with Crippen LogP contribution in [0.1, 0.15) is 0 Å². The molecule has 112 valence electrons. The second-order valence-corrected chi connectivity index (χ2v) is 5.08. The number of ether oxygens (including phenoxy) is 1. The molecule has 5 heteroatoms. The van der Waals surface area contributed by atoms with E-state index in [2.05, 4.69) is 10.2 Å². The van der Waals surface area contributed by atoms with Gasteiger partial charge < -0.3 is 4.74 Å². The molecule has 2 aromatic carbocycles.